The molecule has 6 nitrogen and oxygen atoms in total. The van der Waals surface area contributed by atoms with Crippen LogP contribution in [0.4, 0.5) is 0 Å². The number of aryl methyl sites for hydroxylation is 1. The first-order chi connectivity index (χ1) is 11.4. The van der Waals surface area contributed by atoms with Crippen molar-refractivity contribution in [1.82, 2.24) is 14.4 Å². The third-order valence-corrected chi connectivity index (χ3v) is 3.97. The van der Waals surface area contributed by atoms with Gasteiger partial charge in [0.2, 0.25) is 0 Å². The van der Waals surface area contributed by atoms with Gasteiger partial charge in [-0.15, -0.1) is 0 Å². The Balaban J connectivity index is 1.83. The number of hydrogen-bond acceptors (Lipinski definition) is 5. The Morgan fingerprint density at radius 2 is 2.17 bits per heavy atom. The molecule has 0 amide bonds. The average Bonchev–Trinajstić information content (AvgIpc) is 2.55. The van der Waals surface area contributed by atoms with E-state index in [2.05, 4.69) is 25.9 Å². The smallest absolute Gasteiger partial charge is 0.341 e. The number of hydrogen-bond donors (Lipinski definition) is 0. The highest BCUT2D eigenvalue weighted by Gasteiger charge is 2.14. The van der Waals surface area contributed by atoms with Crippen LogP contribution in [0.2, 0.25) is 5.15 Å². The van der Waals surface area contributed by atoms with E-state index in [1.54, 1.807) is 12.3 Å². The van der Waals surface area contributed by atoms with Crippen molar-refractivity contribution in [2.45, 2.75) is 13.5 Å². The van der Waals surface area contributed by atoms with E-state index < -0.39 is 5.97 Å². The monoisotopic (exact) mass is 407 g/mol. The molecule has 0 fully saturated rings. The molecule has 3 heterocycles. The van der Waals surface area contributed by atoms with Crippen LogP contribution in [-0.4, -0.2) is 20.3 Å². The van der Waals surface area contributed by atoms with Gasteiger partial charge in [0.15, 0.2) is 0 Å². The van der Waals surface area contributed by atoms with E-state index in [1.165, 1.54) is 22.7 Å². The molecule has 3 aromatic rings. The Labute approximate surface area is 150 Å². The lowest BCUT2D eigenvalue weighted by Crippen LogP contribution is -2.17. The van der Waals surface area contributed by atoms with Crippen LogP contribution in [0.5, 0.6) is 0 Å². The number of ether oxygens (including phenoxy) is 1. The number of esters is 1. The Kier molecular flexibility index (Phi) is 4.64. The van der Waals surface area contributed by atoms with Gasteiger partial charge >= 0.3 is 5.97 Å². The second kappa shape index (κ2) is 6.70. The molecule has 0 spiro atoms. The molecule has 0 aromatic carbocycles. The highest BCUT2D eigenvalue weighted by molar-refractivity contribution is 9.10. The first kappa shape index (κ1) is 16.6. The summed E-state index contributed by atoms with van der Waals surface area (Å²) in [4.78, 5) is 32.4. The molecule has 0 aliphatic rings. The molecule has 0 unspecified atom stereocenters. The molecule has 0 bridgehead atoms. The van der Waals surface area contributed by atoms with Crippen LogP contribution in [-0.2, 0) is 11.3 Å². The third kappa shape index (κ3) is 3.47. The van der Waals surface area contributed by atoms with Gasteiger partial charge in [0.25, 0.3) is 5.56 Å². The van der Waals surface area contributed by atoms with Crippen molar-refractivity contribution in [3.05, 3.63) is 73.5 Å². The lowest BCUT2D eigenvalue weighted by Gasteiger charge is -2.07. The summed E-state index contributed by atoms with van der Waals surface area (Å²) in [5, 5.41) is 0.0465. The molecule has 0 radical (unpaired) electrons. The molecule has 0 saturated heterocycles. The highest BCUT2D eigenvalue weighted by atomic mass is 79.9. The van der Waals surface area contributed by atoms with Crippen LogP contribution >= 0.6 is 27.5 Å². The van der Waals surface area contributed by atoms with E-state index in [4.69, 9.17) is 16.3 Å². The highest BCUT2D eigenvalue weighted by Crippen LogP contribution is 2.19. The lowest BCUT2D eigenvalue weighted by atomic mass is 10.3. The Morgan fingerprint density at radius 3 is 2.96 bits per heavy atom. The van der Waals surface area contributed by atoms with Crippen molar-refractivity contribution < 1.29 is 9.53 Å². The van der Waals surface area contributed by atoms with Crippen LogP contribution in [0.3, 0.4) is 0 Å². The number of fused-ring (bicyclic) bond motifs is 1. The number of halogens is 2. The number of carbonyl (C=O) groups is 1. The molecule has 0 aliphatic heterocycles. The van der Waals surface area contributed by atoms with E-state index in [1.807, 2.05) is 13.0 Å². The molecular weight excluding hydrogens is 398 g/mol. The summed E-state index contributed by atoms with van der Waals surface area (Å²) >= 11 is 9.11. The second-order valence-electron chi connectivity index (χ2n) is 5.09. The standard InChI is InChI=1S/C16H11BrClN3O3/c1-9-2-3-13-20-11(5-14(22)21(13)7-9)8-24-16(23)12-4-10(17)6-19-15(12)18/h2-7H,8H2,1H3. The molecule has 3 rings (SSSR count). The van der Waals surface area contributed by atoms with Crippen molar-refractivity contribution in [2.24, 2.45) is 0 Å². The van der Waals surface area contributed by atoms with Gasteiger partial charge in [-0.3, -0.25) is 9.20 Å². The van der Waals surface area contributed by atoms with Crippen LogP contribution < -0.4 is 5.56 Å². The van der Waals surface area contributed by atoms with Gasteiger partial charge in [0, 0.05) is 22.9 Å². The molecule has 122 valence electrons. The molecule has 24 heavy (non-hydrogen) atoms. The van der Waals surface area contributed by atoms with Gasteiger partial charge in [-0.2, -0.15) is 0 Å². The fourth-order valence-corrected chi connectivity index (χ4v) is 2.63. The number of rotatable bonds is 3. The first-order valence-corrected chi connectivity index (χ1v) is 8.08. The van der Waals surface area contributed by atoms with Crippen LogP contribution in [0.15, 0.2) is 45.9 Å². The number of carbonyl (C=O) groups excluding carboxylic acids is 1. The third-order valence-electron chi connectivity index (χ3n) is 3.24. The molecule has 8 heteroatoms. The summed E-state index contributed by atoms with van der Waals surface area (Å²) in [5.41, 5.74) is 1.69. The summed E-state index contributed by atoms with van der Waals surface area (Å²) in [6.45, 7) is 1.75. The van der Waals surface area contributed by atoms with Crippen LogP contribution in [0, 0.1) is 6.92 Å². The maximum atomic E-state index is 12.1. The van der Waals surface area contributed by atoms with E-state index >= 15 is 0 Å². The fraction of sp³-hybridized carbons (Fsp3) is 0.125. The zero-order valence-electron chi connectivity index (χ0n) is 12.5. The number of pyridine rings is 2. The van der Waals surface area contributed by atoms with Crippen molar-refractivity contribution in [3.8, 4) is 0 Å². The average molecular weight is 409 g/mol. The Bertz CT molecular complexity index is 1000. The first-order valence-electron chi connectivity index (χ1n) is 6.91. The zero-order chi connectivity index (χ0) is 17.3. The second-order valence-corrected chi connectivity index (χ2v) is 6.36. The topological polar surface area (TPSA) is 73.6 Å². The summed E-state index contributed by atoms with van der Waals surface area (Å²) in [5.74, 6) is -0.639. The predicted molar refractivity (Wildman–Crippen MR) is 92.3 cm³/mol. The van der Waals surface area contributed by atoms with Gasteiger partial charge in [0.05, 0.1) is 11.3 Å². The minimum atomic E-state index is -0.639. The van der Waals surface area contributed by atoms with Gasteiger partial charge in [-0.05, 0) is 40.5 Å². The van der Waals surface area contributed by atoms with Crippen LogP contribution in [0.1, 0.15) is 21.6 Å². The number of nitrogens with zero attached hydrogens (tertiary/aromatic N) is 3. The van der Waals surface area contributed by atoms with E-state index in [0.717, 1.165) is 5.56 Å². The van der Waals surface area contributed by atoms with E-state index in [0.29, 0.717) is 15.8 Å². The Hall–Kier alpha value is -2.25. The fourth-order valence-electron chi connectivity index (χ4n) is 2.12. The SMILES string of the molecule is Cc1ccc2nc(COC(=O)c3cc(Br)cnc3Cl)cc(=O)n2c1. The normalized spacial score (nSPS) is 10.8. The summed E-state index contributed by atoms with van der Waals surface area (Å²) in [7, 11) is 0. The van der Waals surface area contributed by atoms with Crippen molar-refractivity contribution in [3.63, 3.8) is 0 Å². The lowest BCUT2D eigenvalue weighted by molar-refractivity contribution is 0.0467. The predicted octanol–water partition coefficient (Wildman–Crippen LogP) is 3.17. The van der Waals surface area contributed by atoms with Crippen molar-refractivity contribution in [2.75, 3.05) is 0 Å². The molecular formula is C16H11BrClN3O3. The van der Waals surface area contributed by atoms with Crippen LogP contribution in [0.25, 0.3) is 5.65 Å². The van der Waals surface area contributed by atoms with Gasteiger partial charge in [0.1, 0.15) is 17.4 Å². The molecule has 3 aromatic heterocycles. The molecule has 0 aliphatic carbocycles. The van der Waals surface area contributed by atoms with Crippen molar-refractivity contribution in [1.29, 1.82) is 0 Å². The van der Waals surface area contributed by atoms with E-state index in [-0.39, 0.29) is 22.9 Å². The summed E-state index contributed by atoms with van der Waals surface area (Å²) in [6.07, 6.45) is 3.18. The Morgan fingerprint density at radius 1 is 1.38 bits per heavy atom. The van der Waals surface area contributed by atoms with Gasteiger partial charge < -0.3 is 4.74 Å². The largest absolute Gasteiger partial charge is 0.455 e. The molecule has 0 N–H and O–H groups in total. The van der Waals surface area contributed by atoms with Gasteiger partial charge in [-0.25, -0.2) is 14.8 Å². The maximum absolute atomic E-state index is 12.1. The van der Waals surface area contributed by atoms with Gasteiger partial charge in [-0.1, -0.05) is 17.7 Å². The summed E-state index contributed by atoms with van der Waals surface area (Å²) in [6, 6.07) is 6.44. The minimum Gasteiger partial charge on any atom is -0.455 e. The minimum absolute atomic E-state index is 0.0465. The molecule has 0 saturated carbocycles. The van der Waals surface area contributed by atoms with Crippen molar-refractivity contribution >= 4 is 39.1 Å². The number of aromatic nitrogens is 3. The maximum Gasteiger partial charge on any atom is 0.341 e. The quantitative estimate of drug-likeness (QED) is 0.491. The summed E-state index contributed by atoms with van der Waals surface area (Å²) < 4.78 is 7.23. The molecule has 0 atom stereocenters. The zero-order valence-corrected chi connectivity index (χ0v) is 14.8. The van der Waals surface area contributed by atoms with E-state index in [9.17, 15) is 9.59 Å².